The van der Waals surface area contributed by atoms with E-state index in [2.05, 4.69) is 15.3 Å². The highest BCUT2D eigenvalue weighted by Crippen LogP contribution is 2.23. The van der Waals surface area contributed by atoms with Crippen molar-refractivity contribution in [1.29, 1.82) is 0 Å². The van der Waals surface area contributed by atoms with Gasteiger partial charge in [0.1, 0.15) is 11.0 Å². The van der Waals surface area contributed by atoms with Gasteiger partial charge in [0, 0.05) is 16.5 Å². The van der Waals surface area contributed by atoms with Crippen molar-refractivity contribution in [2.45, 2.75) is 6.54 Å². The van der Waals surface area contributed by atoms with E-state index in [1.54, 1.807) is 6.07 Å². The average Bonchev–Trinajstić information content (AvgIpc) is 2.91. The van der Waals surface area contributed by atoms with Crippen LogP contribution in [0.15, 0.2) is 48.5 Å². The van der Waals surface area contributed by atoms with Gasteiger partial charge in [-0.3, -0.25) is 0 Å². The van der Waals surface area contributed by atoms with Gasteiger partial charge in [0.15, 0.2) is 5.82 Å². The van der Waals surface area contributed by atoms with Crippen molar-refractivity contribution < 1.29 is 0 Å². The lowest BCUT2D eigenvalue weighted by molar-refractivity contribution is 1.10. The molecule has 106 valence electrons. The van der Waals surface area contributed by atoms with Crippen LogP contribution in [-0.2, 0) is 6.54 Å². The van der Waals surface area contributed by atoms with E-state index in [1.165, 1.54) is 11.3 Å². The Hall–Kier alpha value is -1.62. The fourth-order valence-electron chi connectivity index (χ4n) is 1.85. The first kappa shape index (κ1) is 14.3. The molecule has 0 bridgehead atoms. The number of hydrogen-bond donors (Lipinski definition) is 1. The first-order valence-corrected chi connectivity index (χ1v) is 7.86. The van der Waals surface area contributed by atoms with Gasteiger partial charge in [-0.1, -0.05) is 53.5 Å². The van der Waals surface area contributed by atoms with Crippen molar-refractivity contribution in [2.24, 2.45) is 0 Å². The Balaban J connectivity index is 1.81. The van der Waals surface area contributed by atoms with Gasteiger partial charge in [0.2, 0.25) is 0 Å². The van der Waals surface area contributed by atoms with Crippen molar-refractivity contribution in [2.75, 3.05) is 5.32 Å². The Morgan fingerprint density at radius 2 is 1.81 bits per heavy atom. The average molecular weight is 336 g/mol. The molecule has 3 aromatic rings. The summed E-state index contributed by atoms with van der Waals surface area (Å²) in [5.41, 5.74) is 0.933. The molecule has 2 aromatic heterocycles. The molecule has 0 radical (unpaired) electrons. The largest absolute Gasteiger partial charge is 0.365 e. The first-order chi connectivity index (χ1) is 10.2. The van der Waals surface area contributed by atoms with Crippen molar-refractivity contribution >= 4 is 40.4 Å². The summed E-state index contributed by atoms with van der Waals surface area (Å²) in [5, 5.41) is 3.65. The zero-order valence-electron chi connectivity index (χ0n) is 10.9. The fourth-order valence-corrected chi connectivity index (χ4v) is 3.06. The third-order valence-electron chi connectivity index (χ3n) is 2.80. The molecule has 0 saturated carbocycles. The molecular weight excluding hydrogens is 325 g/mol. The Labute approximate surface area is 136 Å². The van der Waals surface area contributed by atoms with Crippen LogP contribution in [-0.4, -0.2) is 9.97 Å². The highest BCUT2D eigenvalue weighted by Gasteiger charge is 2.06. The minimum absolute atomic E-state index is 0.413. The lowest BCUT2D eigenvalue weighted by Gasteiger charge is -2.07. The molecule has 6 heteroatoms. The number of nitrogens with one attached hydrogen (secondary N) is 1. The lowest BCUT2D eigenvalue weighted by Crippen LogP contribution is -2.02. The molecule has 1 N–H and O–H groups in total. The molecule has 0 aliphatic carbocycles. The third kappa shape index (κ3) is 3.73. The van der Waals surface area contributed by atoms with E-state index in [4.69, 9.17) is 23.2 Å². The third-order valence-corrected chi connectivity index (χ3v) is 4.22. The summed E-state index contributed by atoms with van der Waals surface area (Å²) in [5.74, 6) is 1.30. The molecule has 3 rings (SSSR count). The van der Waals surface area contributed by atoms with Gasteiger partial charge in [-0.05, 0) is 12.1 Å². The van der Waals surface area contributed by atoms with Crippen molar-refractivity contribution in [3.05, 3.63) is 62.9 Å². The number of benzene rings is 1. The Kier molecular flexibility index (Phi) is 4.39. The summed E-state index contributed by atoms with van der Waals surface area (Å²) in [4.78, 5) is 9.88. The van der Waals surface area contributed by atoms with Crippen LogP contribution < -0.4 is 5.32 Å². The van der Waals surface area contributed by atoms with Gasteiger partial charge in [0.05, 0.1) is 10.9 Å². The van der Waals surface area contributed by atoms with E-state index >= 15 is 0 Å². The molecule has 0 unspecified atom stereocenters. The van der Waals surface area contributed by atoms with Crippen LogP contribution in [0.3, 0.4) is 0 Å². The van der Waals surface area contributed by atoms with Crippen LogP contribution >= 0.6 is 34.5 Å². The molecule has 0 atom stereocenters. The molecule has 0 aliphatic heterocycles. The number of aromatic nitrogens is 2. The fraction of sp³-hybridized carbons (Fsp3) is 0.0667. The molecule has 0 spiro atoms. The van der Waals surface area contributed by atoms with Crippen LogP contribution in [0.2, 0.25) is 9.49 Å². The normalized spacial score (nSPS) is 10.6. The lowest BCUT2D eigenvalue weighted by atomic mass is 10.2. The quantitative estimate of drug-likeness (QED) is 0.672. The SMILES string of the molecule is Clc1cc(NCc2ccc(Cl)s2)nc(-c2ccccc2)n1. The smallest absolute Gasteiger partial charge is 0.163 e. The maximum atomic E-state index is 6.08. The second kappa shape index (κ2) is 6.43. The first-order valence-electron chi connectivity index (χ1n) is 6.29. The van der Waals surface area contributed by atoms with E-state index in [0.717, 1.165) is 14.8 Å². The van der Waals surface area contributed by atoms with Gasteiger partial charge in [-0.25, -0.2) is 9.97 Å². The molecule has 3 nitrogen and oxygen atoms in total. The Bertz CT molecular complexity index is 744. The minimum atomic E-state index is 0.413. The topological polar surface area (TPSA) is 37.8 Å². The van der Waals surface area contributed by atoms with Crippen molar-refractivity contribution in [3.8, 4) is 11.4 Å². The maximum absolute atomic E-state index is 6.08. The molecule has 0 saturated heterocycles. The monoisotopic (exact) mass is 335 g/mol. The molecule has 21 heavy (non-hydrogen) atoms. The Morgan fingerprint density at radius 3 is 2.52 bits per heavy atom. The van der Waals surface area contributed by atoms with E-state index in [9.17, 15) is 0 Å². The Morgan fingerprint density at radius 1 is 1.00 bits per heavy atom. The zero-order chi connectivity index (χ0) is 14.7. The van der Waals surface area contributed by atoms with Crippen molar-refractivity contribution in [1.82, 2.24) is 9.97 Å². The van der Waals surface area contributed by atoms with Crippen LogP contribution in [0.4, 0.5) is 5.82 Å². The van der Waals surface area contributed by atoms with E-state index in [1.807, 2.05) is 42.5 Å². The summed E-state index contributed by atoms with van der Waals surface area (Å²) in [6, 6.07) is 15.3. The minimum Gasteiger partial charge on any atom is -0.365 e. The molecule has 0 amide bonds. The molecule has 2 heterocycles. The van der Waals surface area contributed by atoms with Crippen LogP contribution in [0.25, 0.3) is 11.4 Å². The number of rotatable bonds is 4. The number of halogens is 2. The highest BCUT2D eigenvalue weighted by atomic mass is 35.5. The summed E-state index contributed by atoms with van der Waals surface area (Å²) in [7, 11) is 0. The number of thiophene rings is 1. The predicted molar refractivity (Wildman–Crippen MR) is 89.1 cm³/mol. The van der Waals surface area contributed by atoms with E-state index in [-0.39, 0.29) is 0 Å². The summed E-state index contributed by atoms with van der Waals surface area (Å²) < 4.78 is 0.775. The van der Waals surface area contributed by atoms with Gasteiger partial charge in [0.25, 0.3) is 0 Å². The summed E-state index contributed by atoms with van der Waals surface area (Å²) in [6.07, 6.45) is 0. The van der Waals surface area contributed by atoms with Gasteiger partial charge < -0.3 is 5.32 Å². The summed E-state index contributed by atoms with van der Waals surface area (Å²) in [6.45, 7) is 0.652. The second-order valence-electron chi connectivity index (χ2n) is 4.32. The van der Waals surface area contributed by atoms with Gasteiger partial charge >= 0.3 is 0 Å². The standard InChI is InChI=1S/C15H11Cl2N3S/c16-12-8-14(18-9-11-6-7-13(17)21-11)20-15(19-12)10-4-2-1-3-5-10/h1-8H,9H2,(H,18,19,20). The number of hydrogen-bond acceptors (Lipinski definition) is 4. The second-order valence-corrected chi connectivity index (χ2v) is 6.51. The van der Waals surface area contributed by atoms with E-state index in [0.29, 0.717) is 23.3 Å². The molecule has 0 fully saturated rings. The summed E-state index contributed by atoms with van der Waals surface area (Å²) >= 11 is 13.5. The van der Waals surface area contributed by atoms with Crippen molar-refractivity contribution in [3.63, 3.8) is 0 Å². The number of nitrogens with zero attached hydrogens (tertiary/aromatic N) is 2. The molecule has 1 aromatic carbocycles. The van der Waals surface area contributed by atoms with E-state index < -0.39 is 0 Å². The van der Waals surface area contributed by atoms with Crippen LogP contribution in [0.5, 0.6) is 0 Å². The maximum Gasteiger partial charge on any atom is 0.163 e. The van der Waals surface area contributed by atoms with Crippen LogP contribution in [0.1, 0.15) is 4.88 Å². The highest BCUT2D eigenvalue weighted by molar-refractivity contribution is 7.16. The molecule has 0 aliphatic rings. The van der Waals surface area contributed by atoms with Gasteiger partial charge in [-0.2, -0.15) is 0 Å². The number of anilines is 1. The predicted octanol–water partition coefficient (Wildman–Crippen LogP) is 5.12. The zero-order valence-corrected chi connectivity index (χ0v) is 13.2. The van der Waals surface area contributed by atoms with Crippen LogP contribution in [0, 0.1) is 0 Å². The molecular formula is C15H11Cl2N3S. The van der Waals surface area contributed by atoms with Gasteiger partial charge in [-0.15, -0.1) is 11.3 Å².